The summed E-state index contributed by atoms with van der Waals surface area (Å²) in [6, 6.07) is 0. The standard InChI is InChI=1S/C12H20N2O5/c1-7-4-8(9(5-7)12(17)18)11(16)14-2-3-19-6-10(13)15/h7-9H,2-6H2,1H3,(H2,13,15)(H,14,16)(H,17,18). The molecule has 0 aromatic heterocycles. The van der Waals surface area contributed by atoms with Crippen molar-refractivity contribution in [2.75, 3.05) is 19.8 Å². The number of aliphatic carboxylic acids is 1. The molecular weight excluding hydrogens is 252 g/mol. The van der Waals surface area contributed by atoms with Crippen LogP contribution in [0.1, 0.15) is 19.8 Å². The fraction of sp³-hybridized carbons (Fsp3) is 0.750. The third-order valence-corrected chi connectivity index (χ3v) is 3.24. The predicted molar refractivity (Wildman–Crippen MR) is 66.0 cm³/mol. The Morgan fingerprint density at radius 2 is 1.95 bits per heavy atom. The number of nitrogens with two attached hydrogens (primary N) is 1. The SMILES string of the molecule is CC1CC(C(=O)O)C(C(=O)NCCOCC(N)=O)C1. The van der Waals surface area contributed by atoms with Gasteiger partial charge in [0.15, 0.2) is 0 Å². The highest BCUT2D eigenvalue weighted by Crippen LogP contribution is 2.36. The smallest absolute Gasteiger partial charge is 0.307 e. The van der Waals surface area contributed by atoms with Crippen LogP contribution in [-0.4, -0.2) is 42.6 Å². The van der Waals surface area contributed by atoms with E-state index in [4.69, 9.17) is 15.6 Å². The normalized spacial score (nSPS) is 26.1. The van der Waals surface area contributed by atoms with Gasteiger partial charge in [-0.2, -0.15) is 0 Å². The van der Waals surface area contributed by atoms with E-state index in [-0.39, 0.29) is 31.6 Å². The van der Waals surface area contributed by atoms with Crippen LogP contribution in [0.3, 0.4) is 0 Å². The summed E-state index contributed by atoms with van der Waals surface area (Å²) < 4.78 is 4.90. The first-order chi connectivity index (χ1) is 8.91. The first kappa shape index (κ1) is 15.4. The van der Waals surface area contributed by atoms with Crippen molar-refractivity contribution in [1.29, 1.82) is 0 Å². The first-order valence-electron chi connectivity index (χ1n) is 6.28. The molecule has 0 bridgehead atoms. The van der Waals surface area contributed by atoms with Gasteiger partial charge < -0.3 is 20.9 Å². The fourth-order valence-electron chi connectivity index (χ4n) is 2.40. The topological polar surface area (TPSA) is 119 Å². The fourth-order valence-corrected chi connectivity index (χ4v) is 2.40. The van der Waals surface area contributed by atoms with Crippen LogP contribution in [0.25, 0.3) is 0 Å². The van der Waals surface area contributed by atoms with Crippen molar-refractivity contribution in [1.82, 2.24) is 5.32 Å². The molecule has 0 spiro atoms. The molecule has 1 aliphatic carbocycles. The van der Waals surface area contributed by atoms with Gasteiger partial charge in [-0.25, -0.2) is 0 Å². The van der Waals surface area contributed by atoms with Crippen LogP contribution in [-0.2, 0) is 19.1 Å². The summed E-state index contributed by atoms with van der Waals surface area (Å²) in [6.45, 7) is 2.17. The Labute approximate surface area is 111 Å². The van der Waals surface area contributed by atoms with Gasteiger partial charge in [-0.1, -0.05) is 6.92 Å². The third kappa shape index (κ3) is 4.86. The van der Waals surface area contributed by atoms with Crippen LogP contribution in [0, 0.1) is 17.8 Å². The van der Waals surface area contributed by atoms with Gasteiger partial charge >= 0.3 is 5.97 Å². The van der Waals surface area contributed by atoms with Crippen LogP contribution in [0.5, 0.6) is 0 Å². The summed E-state index contributed by atoms with van der Waals surface area (Å²) >= 11 is 0. The highest BCUT2D eigenvalue weighted by molar-refractivity contribution is 5.85. The van der Waals surface area contributed by atoms with Crippen molar-refractivity contribution in [2.24, 2.45) is 23.5 Å². The van der Waals surface area contributed by atoms with Gasteiger partial charge in [0.2, 0.25) is 11.8 Å². The third-order valence-electron chi connectivity index (χ3n) is 3.24. The second-order valence-corrected chi connectivity index (χ2v) is 4.94. The van der Waals surface area contributed by atoms with Gasteiger partial charge in [0.25, 0.3) is 0 Å². The minimum absolute atomic E-state index is 0.175. The summed E-state index contributed by atoms with van der Waals surface area (Å²) in [5.41, 5.74) is 4.88. The number of carboxylic acid groups (broad SMARTS) is 1. The molecule has 7 heteroatoms. The average molecular weight is 272 g/mol. The number of ether oxygens (including phenoxy) is 1. The largest absolute Gasteiger partial charge is 0.481 e. The monoisotopic (exact) mass is 272 g/mol. The molecule has 7 nitrogen and oxygen atoms in total. The molecule has 0 radical (unpaired) electrons. The van der Waals surface area contributed by atoms with E-state index in [9.17, 15) is 14.4 Å². The number of hydrogen-bond donors (Lipinski definition) is 3. The van der Waals surface area contributed by atoms with Gasteiger partial charge in [-0.05, 0) is 18.8 Å². The number of amides is 2. The highest BCUT2D eigenvalue weighted by atomic mass is 16.5. The maximum Gasteiger partial charge on any atom is 0.307 e. The van der Waals surface area contributed by atoms with Gasteiger partial charge in [-0.15, -0.1) is 0 Å². The number of nitrogens with one attached hydrogen (secondary N) is 1. The Bertz CT molecular complexity index is 358. The van der Waals surface area contributed by atoms with Crippen molar-refractivity contribution in [3.05, 3.63) is 0 Å². The molecule has 3 atom stereocenters. The molecule has 4 N–H and O–H groups in total. The van der Waals surface area contributed by atoms with Crippen molar-refractivity contribution < 1.29 is 24.2 Å². The quantitative estimate of drug-likeness (QED) is 0.532. The lowest BCUT2D eigenvalue weighted by Gasteiger charge is -2.15. The summed E-state index contributed by atoms with van der Waals surface area (Å²) in [6.07, 6.45) is 1.12. The van der Waals surface area contributed by atoms with Crippen molar-refractivity contribution >= 4 is 17.8 Å². The van der Waals surface area contributed by atoms with Crippen LogP contribution in [0.4, 0.5) is 0 Å². The molecular formula is C12H20N2O5. The number of carbonyl (C=O) groups is 3. The minimum Gasteiger partial charge on any atom is -0.481 e. The van der Waals surface area contributed by atoms with Crippen LogP contribution >= 0.6 is 0 Å². The maximum atomic E-state index is 11.9. The lowest BCUT2D eigenvalue weighted by Crippen LogP contribution is -2.37. The number of carbonyl (C=O) groups excluding carboxylic acids is 2. The van der Waals surface area contributed by atoms with Gasteiger partial charge in [0.1, 0.15) is 6.61 Å². The van der Waals surface area contributed by atoms with E-state index in [1.54, 1.807) is 0 Å². The molecule has 19 heavy (non-hydrogen) atoms. The molecule has 0 aliphatic heterocycles. The van der Waals surface area contributed by atoms with E-state index in [0.717, 1.165) is 0 Å². The second-order valence-electron chi connectivity index (χ2n) is 4.94. The van der Waals surface area contributed by atoms with E-state index in [0.29, 0.717) is 12.8 Å². The molecule has 1 rings (SSSR count). The van der Waals surface area contributed by atoms with E-state index in [1.165, 1.54) is 0 Å². The highest BCUT2D eigenvalue weighted by Gasteiger charge is 2.40. The van der Waals surface area contributed by atoms with Crippen molar-refractivity contribution in [3.63, 3.8) is 0 Å². The number of primary amides is 1. The number of rotatable bonds is 7. The molecule has 1 aliphatic rings. The summed E-state index contributed by atoms with van der Waals surface area (Å²) in [5, 5.41) is 11.7. The zero-order chi connectivity index (χ0) is 14.4. The zero-order valence-electron chi connectivity index (χ0n) is 10.9. The Hall–Kier alpha value is -1.63. The van der Waals surface area contributed by atoms with Gasteiger partial charge in [0.05, 0.1) is 18.4 Å². The van der Waals surface area contributed by atoms with Gasteiger partial charge in [-0.3, -0.25) is 14.4 Å². The minimum atomic E-state index is -0.922. The summed E-state index contributed by atoms with van der Waals surface area (Å²) in [7, 11) is 0. The lowest BCUT2D eigenvalue weighted by molar-refractivity contribution is -0.146. The zero-order valence-corrected chi connectivity index (χ0v) is 10.9. The van der Waals surface area contributed by atoms with Crippen molar-refractivity contribution in [2.45, 2.75) is 19.8 Å². The summed E-state index contributed by atoms with van der Waals surface area (Å²) in [4.78, 5) is 33.3. The predicted octanol–water partition coefficient (Wildman–Crippen LogP) is -0.649. The van der Waals surface area contributed by atoms with Crippen LogP contribution in [0.15, 0.2) is 0 Å². The van der Waals surface area contributed by atoms with Crippen molar-refractivity contribution in [3.8, 4) is 0 Å². The van der Waals surface area contributed by atoms with E-state index in [2.05, 4.69) is 5.32 Å². The van der Waals surface area contributed by atoms with E-state index in [1.807, 2.05) is 6.92 Å². The lowest BCUT2D eigenvalue weighted by atomic mass is 9.95. The molecule has 1 fully saturated rings. The average Bonchev–Trinajstić information content (AvgIpc) is 2.70. The Kier molecular flexibility index (Phi) is 5.75. The number of carboxylic acids is 1. The number of hydrogen-bond acceptors (Lipinski definition) is 4. The first-order valence-corrected chi connectivity index (χ1v) is 6.28. The van der Waals surface area contributed by atoms with E-state index >= 15 is 0 Å². The Morgan fingerprint density at radius 1 is 1.32 bits per heavy atom. The molecule has 0 aromatic rings. The Morgan fingerprint density at radius 3 is 2.53 bits per heavy atom. The van der Waals surface area contributed by atoms with Gasteiger partial charge in [0, 0.05) is 6.54 Å². The molecule has 3 unspecified atom stereocenters. The maximum absolute atomic E-state index is 11.9. The molecule has 0 aromatic carbocycles. The molecule has 2 amide bonds. The van der Waals surface area contributed by atoms with Crippen LogP contribution < -0.4 is 11.1 Å². The molecule has 1 saturated carbocycles. The second kappa shape index (κ2) is 7.08. The van der Waals surface area contributed by atoms with E-state index < -0.39 is 23.7 Å². The Balaban J connectivity index is 2.32. The molecule has 108 valence electrons. The summed E-state index contributed by atoms with van der Waals surface area (Å²) in [5.74, 6) is -2.61. The van der Waals surface area contributed by atoms with Crippen LogP contribution in [0.2, 0.25) is 0 Å². The molecule has 0 saturated heterocycles. The molecule has 0 heterocycles.